The molecule has 1 N–H and O–H groups in total. The number of amides is 1. The molecule has 3 aromatic carbocycles. The average Bonchev–Trinajstić information content (AvgIpc) is 2.96. The lowest BCUT2D eigenvalue weighted by Crippen LogP contribution is -2.38. The van der Waals surface area contributed by atoms with E-state index >= 15 is 4.39 Å². The van der Waals surface area contributed by atoms with Gasteiger partial charge in [0.05, 0.1) is 10.8 Å². The van der Waals surface area contributed by atoms with Crippen LogP contribution in [0.15, 0.2) is 108 Å². The molecule has 10 heteroatoms. The number of sulfonamides is 1. The number of esters is 1. The number of nitrogens with one attached hydrogen (secondary N) is 1. The van der Waals surface area contributed by atoms with Gasteiger partial charge in [-0.25, -0.2) is 17.8 Å². The first kappa shape index (κ1) is 26.8. The van der Waals surface area contributed by atoms with Crippen LogP contribution in [0.3, 0.4) is 0 Å². The average molecular weight is 558 g/mol. The topological polar surface area (TPSA) is 106 Å². The van der Waals surface area contributed by atoms with E-state index in [9.17, 15) is 18.0 Å². The number of ether oxygens (including phenoxy) is 1. The summed E-state index contributed by atoms with van der Waals surface area (Å²) in [6.07, 6.45) is 1.46. The van der Waals surface area contributed by atoms with Gasteiger partial charge in [0.25, 0.3) is 15.9 Å². The van der Waals surface area contributed by atoms with E-state index in [4.69, 9.17) is 4.74 Å². The molecule has 0 bridgehead atoms. The molecule has 1 atom stereocenters. The zero-order chi connectivity index (χ0) is 28.4. The Morgan fingerprint density at radius 3 is 2.33 bits per heavy atom. The highest BCUT2D eigenvalue weighted by molar-refractivity contribution is 7.89. The molecule has 40 heavy (non-hydrogen) atoms. The summed E-state index contributed by atoms with van der Waals surface area (Å²) < 4.78 is 48.1. The van der Waals surface area contributed by atoms with E-state index in [1.54, 1.807) is 61.5 Å². The normalized spacial score (nSPS) is 14.7. The fraction of sp³-hybridized carbons (Fsp3) is 0.100. The quantitative estimate of drug-likeness (QED) is 0.328. The summed E-state index contributed by atoms with van der Waals surface area (Å²) in [7, 11) is -2.93. The van der Waals surface area contributed by atoms with Gasteiger partial charge >= 0.3 is 5.97 Å². The fourth-order valence-electron chi connectivity index (χ4n) is 4.36. The van der Waals surface area contributed by atoms with Crippen molar-refractivity contribution >= 4 is 33.5 Å². The standard InChI is InChI=1S/C30H24FN3O5S/c1-19(21-15-16-22(24(31)18-21)20-10-4-3-5-11-20)30(36)39-28-23-12-6-7-13-25(23)40(37,38)34(2)27(28)29(35)33-26-14-8-9-17-32-26/h3-19H,1-2H3,(H,32,33,35). The van der Waals surface area contributed by atoms with Crippen molar-refractivity contribution in [2.45, 2.75) is 17.7 Å². The van der Waals surface area contributed by atoms with Crippen molar-refractivity contribution in [3.63, 3.8) is 0 Å². The van der Waals surface area contributed by atoms with E-state index in [2.05, 4.69) is 10.3 Å². The molecule has 0 fully saturated rings. The summed E-state index contributed by atoms with van der Waals surface area (Å²) in [5.74, 6) is -3.15. The number of carbonyl (C=O) groups excluding carboxylic acids is 2. The van der Waals surface area contributed by atoms with Crippen molar-refractivity contribution < 1.29 is 27.1 Å². The van der Waals surface area contributed by atoms with Crippen LogP contribution < -0.4 is 5.32 Å². The Kier molecular flexibility index (Phi) is 7.19. The van der Waals surface area contributed by atoms with Gasteiger partial charge in [-0.15, -0.1) is 0 Å². The lowest BCUT2D eigenvalue weighted by molar-refractivity contribution is -0.138. The van der Waals surface area contributed by atoms with Gasteiger partial charge in [0.1, 0.15) is 11.6 Å². The van der Waals surface area contributed by atoms with Crippen molar-refractivity contribution in [1.29, 1.82) is 0 Å². The molecule has 1 aromatic heterocycles. The first-order chi connectivity index (χ1) is 19.2. The molecule has 202 valence electrons. The van der Waals surface area contributed by atoms with Crippen LogP contribution in [0, 0.1) is 5.82 Å². The molecule has 1 aliphatic rings. The first-order valence-electron chi connectivity index (χ1n) is 12.3. The number of pyridine rings is 1. The molecule has 0 saturated carbocycles. The van der Waals surface area contributed by atoms with Crippen LogP contribution in [0.1, 0.15) is 24.0 Å². The summed E-state index contributed by atoms with van der Waals surface area (Å²) in [4.78, 5) is 30.7. The second kappa shape index (κ2) is 10.7. The summed E-state index contributed by atoms with van der Waals surface area (Å²) in [6, 6.07) is 24.3. The van der Waals surface area contributed by atoms with Crippen LogP contribution in [0.25, 0.3) is 16.9 Å². The minimum absolute atomic E-state index is 0.0536. The molecular weight excluding hydrogens is 533 g/mol. The summed E-state index contributed by atoms with van der Waals surface area (Å²) in [6.45, 7) is 1.54. The Hall–Kier alpha value is -4.83. The van der Waals surface area contributed by atoms with Gasteiger partial charge in [0.15, 0.2) is 11.5 Å². The maximum atomic E-state index is 15.0. The van der Waals surface area contributed by atoms with Crippen molar-refractivity contribution in [2.24, 2.45) is 0 Å². The number of rotatable bonds is 6. The van der Waals surface area contributed by atoms with Crippen LogP contribution in [0.5, 0.6) is 0 Å². The molecule has 0 spiro atoms. The van der Waals surface area contributed by atoms with E-state index in [-0.39, 0.29) is 22.0 Å². The minimum atomic E-state index is -4.13. The Morgan fingerprint density at radius 1 is 0.925 bits per heavy atom. The second-order valence-corrected chi connectivity index (χ2v) is 11.0. The van der Waals surface area contributed by atoms with Gasteiger partial charge in [-0.1, -0.05) is 60.7 Å². The number of hydrogen-bond donors (Lipinski definition) is 1. The monoisotopic (exact) mass is 557 g/mol. The molecule has 4 aromatic rings. The molecule has 1 amide bonds. The van der Waals surface area contributed by atoms with Crippen molar-refractivity contribution in [1.82, 2.24) is 9.29 Å². The SMILES string of the molecule is CC(C(=O)OC1=C(C(=O)Nc2ccccn2)N(C)S(=O)(=O)c2ccccc21)c1ccc(-c2ccccc2)c(F)c1. The number of anilines is 1. The smallest absolute Gasteiger partial charge is 0.318 e. The molecule has 0 aliphatic carbocycles. The third-order valence-electron chi connectivity index (χ3n) is 6.56. The van der Waals surface area contributed by atoms with Gasteiger partial charge in [-0.2, -0.15) is 0 Å². The number of halogens is 1. The summed E-state index contributed by atoms with van der Waals surface area (Å²) >= 11 is 0. The highest BCUT2D eigenvalue weighted by Gasteiger charge is 2.40. The molecule has 1 aliphatic heterocycles. The molecule has 5 rings (SSSR count). The first-order valence-corrected chi connectivity index (χ1v) is 13.7. The van der Waals surface area contributed by atoms with Gasteiger partial charge < -0.3 is 10.1 Å². The predicted molar refractivity (Wildman–Crippen MR) is 148 cm³/mol. The lowest BCUT2D eigenvalue weighted by Gasteiger charge is -2.30. The third-order valence-corrected chi connectivity index (χ3v) is 8.37. The number of benzene rings is 3. The predicted octanol–water partition coefficient (Wildman–Crippen LogP) is 5.18. The molecule has 1 unspecified atom stereocenters. The number of nitrogens with zero attached hydrogens (tertiary/aromatic N) is 2. The maximum Gasteiger partial charge on any atom is 0.318 e. The van der Waals surface area contributed by atoms with Crippen LogP contribution in [-0.2, 0) is 24.3 Å². The third kappa shape index (κ3) is 4.96. The van der Waals surface area contributed by atoms with Gasteiger partial charge in [-0.05, 0) is 48.4 Å². The van der Waals surface area contributed by atoms with Crippen molar-refractivity contribution in [3.05, 3.63) is 120 Å². The van der Waals surface area contributed by atoms with E-state index in [1.165, 1.54) is 43.6 Å². The van der Waals surface area contributed by atoms with Crippen molar-refractivity contribution in [2.75, 3.05) is 12.4 Å². The van der Waals surface area contributed by atoms with Gasteiger partial charge in [0, 0.05) is 24.4 Å². The van der Waals surface area contributed by atoms with E-state index in [1.807, 2.05) is 6.07 Å². The zero-order valence-corrected chi connectivity index (χ0v) is 22.4. The maximum absolute atomic E-state index is 15.0. The molecule has 8 nitrogen and oxygen atoms in total. The molecule has 2 heterocycles. The number of aromatic nitrogens is 1. The number of carbonyl (C=O) groups is 2. The van der Waals surface area contributed by atoms with Crippen LogP contribution in [0.2, 0.25) is 0 Å². The summed E-state index contributed by atoms with van der Waals surface area (Å²) in [5, 5.41) is 2.55. The second-order valence-electron chi connectivity index (χ2n) is 9.06. The molecule has 0 radical (unpaired) electrons. The number of hydrogen-bond acceptors (Lipinski definition) is 6. The Balaban J connectivity index is 1.52. The minimum Gasteiger partial charge on any atom is -0.423 e. The van der Waals surface area contributed by atoms with E-state index < -0.39 is 39.3 Å². The molecular formula is C30H24FN3O5S. The Morgan fingerprint density at radius 2 is 1.62 bits per heavy atom. The van der Waals surface area contributed by atoms with Crippen LogP contribution >= 0.6 is 0 Å². The van der Waals surface area contributed by atoms with Crippen LogP contribution in [0.4, 0.5) is 10.2 Å². The number of fused-ring (bicyclic) bond motifs is 1. The Bertz CT molecular complexity index is 1740. The zero-order valence-electron chi connectivity index (χ0n) is 21.5. The largest absolute Gasteiger partial charge is 0.423 e. The molecule has 0 saturated heterocycles. The summed E-state index contributed by atoms with van der Waals surface area (Å²) in [5.41, 5.74) is 1.09. The van der Waals surface area contributed by atoms with Crippen molar-refractivity contribution in [3.8, 4) is 11.1 Å². The van der Waals surface area contributed by atoms with Gasteiger partial charge in [-0.3, -0.25) is 13.9 Å². The lowest BCUT2D eigenvalue weighted by atomic mass is 9.97. The highest BCUT2D eigenvalue weighted by atomic mass is 32.2. The van der Waals surface area contributed by atoms with E-state index in [0.717, 1.165) is 4.31 Å². The van der Waals surface area contributed by atoms with Gasteiger partial charge in [0.2, 0.25) is 0 Å². The fourth-order valence-corrected chi connectivity index (χ4v) is 5.75. The number of likely N-dealkylation sites (N-methyl/N-ethyl adjacent to an activating group) is 1. The highest BCUT2D eigenvalue weighted by Crippen LogP contribution is 2.38. The van der Waals surface area contributed by atoms with Crippen LogP contribution in [-0.4, -0.2) is 36.6 Å². The van der Waals surface area contributed by atoms with E-state index in [0.29, 0.717) is 16.7 Å². The Labute approximate surface area is 230 Å².